The minimum Gasteiger partial charge on any atom is -0.437 e. The number of aryl methyl sites for hydroxylation is 1. The molecular weight excluding hydrogens is 255 g/mol. The molecule has 94 valence electrons. The van der Waals surface area contributed by atoms with E-state index in [2.05, 4.69) is 10.2 Å². The average Bonchev–Trinajstić information content (AvgIpc) is 2.33. The van der Waals surface area contributed by atoms with Crippen LogP contribution in [0.4, 0.5) is 4.39 Å². The third-order valence-corrected chi connectivity index (χ3v) is 3.12. The van der Waals surface area contributed by atoms with Gasteiger partial charge >= 0.3 is 0 Å². The lowest BCUT2D eigenvalue weighted by molar-refractivity contribution is 0.445. The number of halogens is 2. The van der Waals surface area contributed by atoms with Crippen LogP contribution in [0.2, 0.25) is 5.15 Å². The second-order valence-corrected chi connectivity index (χ2v) is 4.42. The van der Waals surface area contributed by atoms with Crippen molar-refractivity contribution in [2.75, 3.05) is 0 Å². The predicted octanol–water partition coefficient (Wildman–Crippen LogP) is 3.99. The molecule has 0 unspecified atom stereocenters. The summed E-state index contributed by atoms with van der Waals surface area (Å²) < 4.78 is 18.6. The first-order chi connectivity index (χ1) is 8.49. The summed E-state index contributed by atoms with van der Waals surface area (Å²) in [4.78, 5) is 0. The van der Waals surface area contributed by atoms with Crippen molar-refractivity contribution >= 4 is 11.6 Å². The number of hydrogen-bond donors (Lipinski definition) is 0. The lowest BCUT2D eigenvalue weighted by Gasteiger charge is -2.11. The molecule has 0 atom stereocenters. The summed E-state index contributed by atoms with van der Waals surface area (Å²) in [6.45, 7) is 5.46. The van der Waals surface area contributed by atoms with Gasteiger partial charge in [-0.15, -0.1) is 10.2 Å². The van der Waals surface area contributed by atoms with Crippen LogP contribution in [0, 0.1) is 26.6 Å². The van der Waals surface area contributed by atoms with Crippen molar-refractivity contribution in [1.82, 2.24) is 10.2 Å². The Morgan fingerprint density at radius 3 is 2.50 bits per heavy atom. The summed E-state index contributed by atoms with van der Waals surface area (Å²) in [5, 5.41) is 8.06. The van der Waals surface area contributed by atoms with Gasteiger partial charge in [0, 0.05) is 5.56 Å². The molecule has 2 rings (SSSR count). The highest BCUT2D eigenvalue weighted by Gasteiger charge is 2.11. The predicted molar refractivity (Wildman–Crippen MR) is 67.7 cm³/mol. The van der Waals surface area contributed by atoms with Crippen molar-refractivity contribution in [1.29, 1.82) is 0 Å². The summed E-state index contributed by atoms with van der Waals surface area (Å²) in [7, 11) is 0. The molecule has 0 aliphatic carbocycles. The molecule has 18 heavy (non-hydrogen) atoms. The third kappa shape index (κ3) is 2.43. The molecule has 1 aromatic heterocycles. The average molecular weight is 267 g/mol. The van der Waals surface area contributed by atoms with Gasteiger partial charge < -0.3 is 4.74 Å². The molecule has 0 saturated carbocycles. The van der Waals surface area contributed by atoms with E-state index >= 15 is 0 Å². The normalized spacial score (nSPS) is 10.5. The molecule has 1 aromatic carbocycles. The van der Waals surface area contributed by atoms with E-state index in [1.807, 2.05) is 13.8 Å². The highest BCUT2D eigenvalue weighted by Crippen LogP contribution is 2.28. The number of hydrogen-bond acceptors (Lipinski definition) is 3. The third-order valence-electron chi connectivity index (χ3n) is 2.76. The molecule has 0 radical (unpaired) electrons. The quantitative estimate of drug-likeness (QED) is 0.824. The van der Waals surface area contributed by atoms with Gasteiger partial charge in [0.1, 0.15) is 11.6 Å². The molecule has 2 aromatic rings. The fourth-order valence-electron chi connectivity index (χ4n) is 1.48. The van der Waals surface area contributed by atoms with E-state index < -0.39 is 0 Å². The molecule has 0 aliphatic rings. The fourth-order valence-corrected chi connectivity index (χ4v) is 1.66. The van der Waals surface area contributed by atoms with Crippen LogP contribution in [0.15, 0.2) is 18.2 Å². The van der Waals surface area contributed by atoms with Gasteiger partial charge in [0.25, 0.3) is 0 Å². The van der Waals surface area contributed by atoms with Gasteiger partial charge in [-0.3, -0.25) is 0 Å². The van der Waals surface area contributed by atoms with Gasteiger partial charge in [0.15, 0.2) is 5.15 Å². The van der Waals surface area contributed by atoms with Gasteiger partial charge in [0.05, 0.1) is 0 Å². The van der Waals surface area contributed by atoms with E-state index in [-0.39, 0.29) is 5.82 Å². The Hall–Kier alpha value is -1.68. The maximum Gasteiger partial charge on any atom is 0.242 e. The van der Waals surface area contributed by atoms with E-state index in [0.717, 1.165) is 11.1 Å². The van der Waals surface area contributed by atoms with Crippen molar-refractivity contribution < 1.29 is 9.13 Å². The molecule has 0 saturated heterocycles. The van der Waals surface area contributed by atoms with Crippen LogP contribution in [0.3, 0.4) is 0 Å². The second kappa shape index (κ2) is 4.90. The van der Waals surface area contributed by atoms with Crippen molar-refractivity contribution in [3.8, 4) is 11.6 Å². The summed E-state index contributed by atoms with van der Waals surface area (Å²) in [6, 6.07) is 4.31. The van der Waals surface area contributed by atoms with Crippen molar-refractivity contribution in [3.63, 3.8) is 0 Å². The number of rotatable bonds is 2. The Morgan fingerprint density at radius 1 is 1.11 bits per heavy atom. The van der Waals surface area contributed by atoms with Gasteiger partial charge in [-0.05, 0) is 50.1 Å². The molecule has 0 amide bonds. The Labute approximate surface area is 110 Å². The maximum atomic E-state index is 13.0. The Bertz CT molecular complexity index is 602. The highest BCUT2D eigenvalue weighted by atomic mass is 35.5. The highest BCUT2D eigenvalue weighted by molar-refractivity contribution is 6.30. The van der Waals surface area contributed by atoms with E-state index in [0.29, 0.717) is 22.3 Å². The van der Waals surface area contributed by atoms with Gasteiger partial charge in [-0.25, -0.2) is 4.39 Å². The van der Waals surface area contributed by atoms with Crippen molar-refractivity contribution in [3.05, 3.63) is 45.9 Å². The van der Waals surface area contributed by atoms with Gasteiger partial charge in [-0.1, -0.05) is 11.6 Å². The number of ether oxygens (including phenoxy) is 1. The topological polar surface area (TPSA) is 35.0 Å². The van der Waals surface area contributed by atoms with Crippen molar-refractivity contribution in [2.24, 2.45) is 0 Å². The van der Waals surface area contributed by atoms with Crippen LogP contribution in [0.5, 0.6) is 11.6 Å². The smallest absolute Gasteiger partial charge is 0.242 e. The van der Waals surface area contributed by atoms with Gasteiger partial charge in [0.2, 0.25) is 5.88 Å². The molecule has 0 N–H and O–H groups in total. The molecule has 5 heteroatoms. The van der Waals surface area contributed by atoms with Crippen LogP contribution >= 0.6 is 11.6 Å². The van der Waals surface area contributed by atoms with Crippen LogP contribution in [0.25, 0.3) is 0 Å². The van der Waals surface area contributed by atoms with E-state index in [1.54, 1.807) is 13.0 Å². The minimum atomic E-state index is -0.296. The Kier molecular flexibility index (Phi) is 3.48. The SMILES string of the molecule is Cc1cc(F)ccc1Oc1nnc(Cl)c(C)c1C. The molecule has 0 bridgehead atoms. The van der Waals surface area contributed by atoms with Crippen molar-refractivity contribution in [2.45, 2.75) is 20.8 Å². The Morgan fingerprint density at radius 2 is 1.83 bits per heavy atom. The first-order valence-electron chi connectivity index (χ1n) is 5.42. The summed E-state index contributed by atoms with van der Waals surface area (Å²) >= 11 is 5.86. The first-order valence-corrected chi connectivity index (χ1v) is 5.80. The van der Waals surface area contributed by atoms with E-state index in [4.69, 9.17) is 16.3 Å². The molecule has 3 nitrogen and oxygen atoms in total. The zero-order valence-corrected chi connectivity index (χ0v) is 11.0. The summed E-state index contributed by atoms with van der Waals surface area (Å²) in [6.07, 6.45) is 0. The second-order valence-electron chi connectivity index (χ2n) is 4.06. The standard InChI is InChI=1S/C13H12ClFN2O/c1-7-6-10(15)4-5-11(7)18-13-9(3)8(2)12(14)16-17-13/h4-6H,1-3H3. The molecule has 0 fully saturated rings. The van der Waals surface area contributed by atoms with Gasteiger partial charge in [-0.2, -0.15) is 0 Å². The first kappa shape index (κ1) is 12.8. The lowest BCUT2D eigenvalue weighted by atomic mass is 10.2. The van der Waals surface area contributed by atoms with E-state index in [9.17, 15) is 4.39 Å². The molecule has 1 heterocycles. The summed E-state index contributed by atoms with van der Waals surface area (Å²) in [5.74, 6) is 0.636. The van der Waals surface area contributed by atoms with Crippen LogP contribution in [-0.2, 0) is 0 Å². The van der Waals surface area contributed by atoms with Crippen LogP contribution in [-0.4, -0.2) is 10.2 Å². The lowest BCUT2D eigenvalue weighted by Crippen LogP contribution is -1.98. The van der Waals surface area contributed by atoms with E-state index in [1.165, 1.54) is 12.1 Å². The number of nitrogens with zero attached hydrogens (tertiary/aromatic N) is 2. The molecule has 0 aliphatic heterocycles. The fraction of sp³-hybridized carbons (Fsp3) is 0.231. The summed E-state index contributed by atoms with van der Waals surface area (Å²) in [5.41, 5.74) is 2.34. The van der Waals surface area contributed by atoms with Crippen LogP contribution < -0.4 is 4.74 Å². The molecule has 0 spiro atoms. The minimum absolute atomic E-state index is 0.296. The largest absolute Gasteiger partial charge is 0.437 e. The number of benzene rings is 1. The monoisotopic (exact) mass is 266 g/mol. The maximum absolute atomic E-state index is 13.0. The zero-order chi connectivity index (χ0) is 13.3. The number of aromatic nitrogens is 2. The van der Waals surface area contributed by atoms with Crippen LogP contribution in [0.1, 0.15) is 16.7 Å². The molecular formula is C13H12ClFN2O. The Balaban J connectivity index is 2.37. The zero-order valence-electron chi connectivity index (χ0n) is 10.3.